The molecule has 3 aromatic carbocycles. The van der Waals surface area contributed by atoms with Crippen molar-refractivity contribution in [2.45, 2.75) is 31.2 Å². The van der Waals surface area contributed by atoms with Crippen LogP contribution in [0.1, 0.15) is 29.8 Å². The Morgan fingerprint density at radius 3 is 2.36 bits per heavy atom. The predicted molar refractivity (Wildman–Crippen MR) is 132 cm³/mol. The maximum atomic E-state index is 12.9. The molecule has 0 aliphatic heterocycles. The number of aryl methyl sites for hydroxylation is 1. The lowest BCUT2D eigenvalue weighted by Crippen LogP contribution is -2.23. The zero-order valence-electron chi connectivity index (χ0n) is 18.6. The van der Waals surface area contributed by atoms with E-state index in [2.05, 4.69) is 15.5 Å². The van der Waals surface area contributed by atoms with Crippen LogP contribution < -0.4 is 5.32 Å². The fourth-order valence-electron chi connectivity index (χ4n) is 3.32. The number of thioether (sulfide) groups is 1. The summed E-state index contributed by atoms with van der Waals surface area (Å²) in [5.74, 6) is 0.484. The van der Waals surface area contributed by atoms with Crippen LogP contribution >= 0.6 is 11.8 Å². The molecular formula is C26H24N4O2S. The van der Waals surface area contributed by atoms with E-state index in [1.807, 2.05) is 73.0 Å². The second kappa shape index (κ2) is 9.83. The fourth-order valence-corrected chi connectivity index (χ4v) is 4.19. The van der Waals surface area contributed by atoms with Crippen molar-refractivity contribution in [2.75, 3.05) is 5.32 Å². The number of rotatable bonds is 7. The number of nitrogens with one attached hydrogen (secondary N) is 1. The molecule has 33 heavy (non-hydrogen) atoms. The third-order valence-corrected chi connectivity index (χ3v) is 6.19. The first-order valence-corrected chi connectivity index (χ1v) is 11.5. The molecule has 0 saturated carbocycles. The Hall–Kier alpha value is -3.71. The number of carbonyl (C=O) groups excluding carboxylic acids is 2. The van der Waals surface area contributed by atoms with Crippen LogP contribution in [0.25, 0.3) is 17.1 Å². The van der Waals surface area contributed by atoms with Gasteiger partial charge in [0.2, 0.25) is 5.91 Å². The Morgan fingerprint density at radius 2 is 1.67 bits per heavy atom. The number of Topliss-reactive ketones (excluding diaryl/α,β-unsaturated/α-hetero) is 1. The highest BCUT2D eigenvalue weighted by atomic mass is 32.2. The topological polar surface area (TPSA) is 76.9 Å². The van der Waals surface area contributed by atoms with E-state index in [1.54, 1.807) is 24.3 Å². The summed E-state index contributed by atoms with van der Waals surface area (Å²) < 4.78 is 1.97. The maximum absolute atomic E-state index is 12.9. The fraction of sp³-hybridized carbons (Fsp3) is 0.154. The second-order valence-electron chi connectivity index (χ2n) is 7.73. The van der Waals surface area contributed by atoms with Gasteiger partial charge in [-0.15, -0.1) is 10.2 Å². The molecule has 4 rings (SSSR count). The van der Waals surface area contributed by atoms with Crippen molar-refractivity contribution in [3.05, 3.63) is 90.0 Å². The van der Waals surface area contributed by atoms with Crippen molar-refractivity contribution < 1.29 is 9.59 Å². The Morgan fingerprint density at radius 1 is 0.939 bits per heavy atom. The molecule has 166 valence electrons. The third-order valence-electron chi connectivity index (χ3n) is 5.15. The SMILES string of the molecule is CC(=O)c1cccc(NC(=O)C(C)Sc2nnc(-c3ccccc3)n2-c2ccc(C)cc2)c1. The van der Waals surface area contributed by atoms with E-state index < -0.39 is 5.25 Å². The predicted octanol–water partition coefficient (Wildman–Crippen LogP) is 5.56. The van der Waals surface area contributed by atoms with Crippen LogP contribution in [0.4, 0.5) is 5.69 Å². The van der Waals surface area contributed by atoms with Crippen LogP contribution in [0.15, 0.2) is 84.0 Å². The van der Waals surface area contributed by atoms with Gasteiger partial charge < -0.3 is 5.32 Å². The monoisotopic (exact) mass is 456 g/mol. The highest BCUT2D eigenvalue weighted by Gasteiger charge is 2.22. The lowest BCUT2D eigenvalue weighted by molar-refractivity contribution is -0.115. The highest BCUT2D eigenvalue weighted by Crippen LogP contribution is 2.30. The van der Waals surface area contributed by atoms with E-state index in [0.717, 1.165) is 16.8 Å². The Balaban J connectivity index is 1.61. The zero-order valence-corrected chi connectivity index (χ0v) is 19.5. The summed E-state index contributed by atoms with van der Waals surface area (Å²) in [4.78, 5) is 24.5. The van der Waals surface area contributed by atoms with Crippen LogP contribution in [0.2, 0.25) is 0 Å². The van der Waals surface area contributed by atoms with Gasteiger partial charge in [-0.1, -0.05) is 71.9 Å². The van der Waals surface area contributed by atoms with Gasteiger partial charge in [-0.25, -0.2) is 0 Å². The van der Waals surface area contributed by atoms with Gasteiger partial charge >= 0.3 is 0 Å². The Kier molecular flexibility index (Phi) is 6.70. The molecule has 0 fully saturated rings. The molecule has 6 nitrogen and oxygen atoms in total. The van der Waals surface area contributed by atoms with E-state index in [-0.39, 0.29) is 11.7 Å². The number of amides is 1. The van der Waals surface area contributed by atoms with Gasteiger partial charge in [-0.3, -0.25) is 14.2 Å². The Bertz CT molecular complexity index is 1280. The minimum Gasteiger partial charge on any atom is -0.325 e. The first kappa shape index (κ1) is 22.5. The molecule has 7 heteroatoms. The quantitative estimate of drug-likeness (QED) is 0.291. The van der Waals surface area contributed by atoms with Crippen LogP contribution in [-0.2, 0) is 4.79 Å². The van der Waals surface area contributed by atoms with Gasteiger partial charge in [0.15, 0.2) is 16.8 Å². The molecule has 1 heterocycles. The van der Waals surface area contributed by atoms with Crippen LogP contribution in [0.3, 0.4) is 0 Å². The number of carbonyl (C=O) groups is 2. The molecule has 0 radical (unpaired) electrons. The molecule has 1 unspecified atom stereocenters. The number of nitrogens with zero attached hydrogens (tertiary/aromatic N) is 3. The van der Waals surface area contributed by atoms with Gasteiger partial charge in [0.05, 0.1) is 5.25 Å². The summed E-state index contributed by atoms with van der Waals surface area (Å²) in [6.45, 7) is 5.37. The second-order valence-corrected chi connectivity index (χ2v) is 9.04. The summed E-state index contributed by atoms with van der Waals surface area (Å²) in [5, 5.41) is 11.9. The lowest BCUT2D eigenvalue weighted by Gasteiger charge is -2.14. The van der Waals surface area contributed by atoms with Crippen LogP contribution in [0.5, 0.6) is 0 Å². The summed E-state index contributed by atoms with van der Waals surface area (Å²) in [6, 6.07) is 24.9. The first-order chi connectivity index (χ1) is 15.9. The minimum absolute atomic E-state index is 0.0480. The van der Waals surface area contributed by atoms with Gasteiger partial charge in [0, 0.05) is 22.5 Å². The molecule has 1 aromatic heterocycles. The lowest BCUT2D eigenvalue weighted by atomic mass is 10.1. The normalized spacial score (nSPS) is 11.7. The van der Waals surface area contributed by atoms with Crippen LogP contribution in [0, 0.1) is 6.92 Å². The number of benzene rings is 3. The molecule has 0 spiro atoms. The average molecular weight is 457 g/mol. The molecule has 0 aliphatic rings. The molecule has 0 aliphatic carbocycles. The van der Waals surface area contributed by atoms with E-state index in [1.165, 1.54) is 18.7 Å². The third kappa shape index (κ3) is 5.21. The molecule has 0 bridgehead atoms. The van der Waals surface area contributed by atoms with Crippen molar-refractivity contribution in [3.63, 3.8) is 0 Å². The number of anilines is 1. The molecule has 1 amide bonds. The van der Waals surface area contributed by atoms with Gasteiger partial charge in [0.1, 0.15) is 0 Å². The van der Waals surface area contributed by atoms with Crippen LogP contribution in [-0.4, -0.2) is 31.7 Å². The van der Waals surface area contributed by atoms with E-state index in [9.17, 15) is 9.59 Å². The smallest absolute Gasteiger partial charge is 0.237 e. The Labute approximate surface area is 197 Å². The van der Waals surface area contributed by atoms with E-state index in [4.69, 9.17) is 0 Å². The highest BCUT2D eigenvalue weighted by molar-refractivity contribution is 8.00. The van der Waals surface area contributed by atoms with Gasteiger partial charge in [-0.05, 0) is 45.0 Å². The number of ketones is 1. The largest absolute Gasteiger partial charge is 0.325 e. The summed E-state index contributed by atoms with van der Waals surface area (Å²) in [6.07, 6.45) is 0. The zero-order chi connectivity index (χ0) is 23.4. The van der Waals surface area contributed by atoms with E-state index >= 15 is 0 Å². The summed E-state index contributed by atoms with van der Waals surface area (Å²) in [5.41, 5.74) is 4.16. The summed E-state index contributed by atoms with van der Waals surface area (Å²) >= 11 is 1.33. The number of hydrogen-bond donors (Lipinski definition) is 1. The minimum atomic E-state index is -0.442. The van der Waals surface area contributed by atoms with Crippen molar-refractivity contribution in [1.82, 2.24) is 14.8 Å². The van der Waals surface area contributed by atoms with Crippen molar-refractivity contribution in [2.24, 2.45) is 0 Å². The standard InChI is InChI=1S/C26H24N4O2S/c1-17-12-14-23(15-13-17)30-24(20-8-5-4-6-9-20)28-29-26(30)33-19(3)25(32)27-22-11-7-10-21(16-22)18(2)31/h4-16,19H,1-3H3,(H,27,32). The van der Waals surface area contributed by atoms with Gasteiger partial charge in [-0.2, -0.15) is 0 Å². The number of hydrogen-bond acceptors (Lipinski definition) is 5. The molecule has 1 N–H and O–H groups in total. The van der Waals surface area contributed by atoms with E-state index in [0.29, 0.717) is 22.2 Å². The molecule has 0 saturated heterocycles. The van der Waals surface area contributed by atoms with Gasteiger partial charge in [0.25, 0.3) is 0 Å². The van der Waals surface area contributed by atoms with Crippen molar-refractivity contribution in [1.29, 1.82) is 0 Å². The average Bonchev–Trinajstić information content (AvgIpc) is 3.23. The molecular weight excluding hydrogens is 432 g/mol. The van der Waals surface area contributed by atoms with Crippen molar-refractivity contribution in [3.8, 4) is 17.1 Å². The first-order valence-electron chi connectivity index (χ1n) is 10.6. The maximum Gasteiger partial charge on any atom is 0.237 e. The van der Waals surface area contributed by atoms with Crippen molar-refractivity contribution >= 4 is 29.1 Å². The molecule has 4 aromatic rings. The number of aromatic nitrogens is 3. The molecule has 1 atom stereocenters. The summed E-state index contributed by atoms with van der Waals surface area (Å²) in [7, 11) is 0.